The predicted molar refractivity (Wildman–Crippen MR) is 59.6 cm³/mol. The first-order valence-electron chi connectivity index (χ1n) is 4.76. The van der Waals surface area contributed by atoms with Crippen molar-refractivity contribution >= 4 is 11.6 Å². The van der Waals surface area contributed by atoms with E-state index in [0.29, 0.717) is 0 Å². The van der Waals surface area contributed by atoms with E-state index in [1.807, 2.05) is 38.1 Å². The van der Waals surface area contributed by atoms with E-state index in [4.69, 9.17) is 5.26 Å². The van der Waals surface area contributed by atoms with Gasteiger partial charge in [0.2, 0.25) is 5.91 Å². The van der Waals surface area contributed by atoms with Crippen molar-refractivity contribution < 1.29 is 4.79 Å². The van der Waals surface area contributed by atoms with Crippen LogP contribution >= 0.6 is 0 Å². The summed E-state index contributed by atoms with van der Waals surface area (Å²) in [7, 11) is 1.69. The first-order valence-corrected chi connectivity index (χ1v) is 4.76. The molecule has 0 saturated heterocycles. The molecule has 0 radical (unpaired) electrons. The molecular weight excluding hydrogens is 188 g/mol. The third-order valence-corrected chi connectivity index (χ3v) is 2.20. The average Bonchev–Trinajstić information content (AvgIpc) is 2.15. The Hall–Kier alpha value is -1.82. The van der Waals surface area contributed by atoms with Crippen molar-refractivity contribution in [1.29, 1.82) is 5.26 Å². The van der Waals surface area contributed by atoms with Crippen molar-refractivity contribution in [3.8, 4) is 6.07 Å². The molecule has 0 fully saturated rings. The van der Waals surface area contributed by atoms with E-state index in [9.17, 15) is 4.79 Å². The number of amides is 1. The third-order valence-electron chi connectivity index (χ3n) is 2.20. The molecule has 1 aromatic rings. The van der Waals surface area contributed by atoms with Crippen molar-refractivity contribution in [1.82, 2.24) is 0 Å². The van der Waals surface area contributed by atoms with Gasteiger partial charge in [0.25, 0.3) is 0 Å². The number of carbonyl (C=O) groups excluding carboxylic acids is 1. The van der Waals surface area contributed by atoms with Crippen LogP contribution in [0.2, 0.25) is 0 Å². The van der Waals surface area contributed by atoms with Crippen LogP contribution < -0.4 is 4.90 Å². The molecular formula is C12H14N2O. The number of carbonyl (C=O) groups is 1. The summed E-state index contributed by atoms with van der Waals surface area (Å²) < 4.78 is 0. The van der Waals surface area contributed by atoms with Crippen molar-refractivity contribution in [2.24, 2.45) is 0 Å². The van der Waals surface area contributed by atoms with Gasteiger partial charge in [-0.25, -0.2) is 0 Å². The van der Waals surface area contributed by atoms with E-state index in [1.165, 1.54) is 4.90 Å². The largest absolute Gasteiger partial charge is 0.315 e. The summed E-state index contributed by atoms with van der Waals surface area (Å²) >= 11 is 0. The Balaban J connectivity index is 2.96. The number of hydrogen-bond donors (Lipinski definition) is 0. The zero-order valence-corrected chi connectivity index (χ0v) is 9.24. The van der Waals surface area contributed by atoms with E-state index < -0.39 is 0 Å². The van der Waals surface area contributed by atoms with Gasteiger partial charge >= 0.3 is 0 Å². The molecule has 1 rings (SSSR count). The highest BCUT2D eigenvalue weighted by Gasteiger charge is 2.10. The Bertz CT molecular complexity index is 398. The van der Waals surface area contributed by atoms with Gasteiger partial charge in [-0.3, -0.25) is 4.79 Å². The summed E-state index contributed by atoms with van der Waals surface area (Å²) in [5, 5.41) is 8.44. The first-order chi connectivity index (χ1) is 7.04. The number of anilines is 1. The summed E-state index contributed by atoms with van der Waals surface area (Å²) in [6, 6.07) is 7.77. The summed E-state index contributed by atoms with van der Waals surface area (Å²) in [6.45, 7) is 3.97. The highest BCUT2D eigenvalue weighted by atomic mass is 16.2. The fourth-order valence-corrected chi connectivity index (χ4v) is 1.47. The van der Waals surface area contributed by atoms with E-state index in [1.54, 1.807) is 7.05 Å². The van der Waals surface area contributed by atoms with Gasteiger partial charge in [-0.2, -0.15) is 5.26 Å². The maximum atomic E-state index is 11.5. The summed E-state index contributed by atoms with van der Waals surface area (Å²) in [5.41, 5.74) is 3.07. The van der Waals surface area contributed by atoms with Crippen molar-refractivity contribution in [2.75, 3.05) is 11.9 Å². The lowest BCUT2D eigenvalue weighted by Crippen LogP contribution is -2.25. The normalized spacial score (nSPS) is 9.47. The number of benzene rings is 1. The predicted octanol–water partition coefficient (Wildman–Crippen LogP) is 2.18. The zero-order chi connectivity index (χ0) is 11.4. The minimum absolute atomic E-state index is 0.0799. The van der Waals surface area contributed by atoms with Crippen LogP contribution in [-0.2, 0) is 4.79 Å². The van der Waals surface area contributed by atoms with Crippen LogP contribution in [0.5, 0.6) is 0 Å². The molecule has 1 amide bonds. The summed E-state index contributed by atoms with van der Waals surface area (Å²) in [5.74, 6) is -0.178. The standard InChI is InChI=1S/C12H14N2O/c1-9-6-10(2)8-11(7-9)14(3)12(15)4-5-13/h6-8H,4H2,1-3H3. The highest BCUT2D eigenvalue weighted by Crippen LogP contribution is 2.17. The lowest BCUT2D eigenvalue weighted by atomic mass is 10.1. The van der Waals surface area contributed by atoms with Gasteiger partial charge in [-0.1, -0.05) is 6.07 Å². The van der Waals surface area contributed by atoms with Gasteiger partial charge < -0.3 is 4.90 Å². The van der Waals surface area contributed by atoms with Crippen LogP contribution in [0.25, 0.3) is 0 Å². The van der Waals surface area contributed by atoms with Gasteiger partial charge in [-0.15, -0.1) is 0 Å². The Morgan fingerprint density at radius 1 is 1.33 bits per heavy atom. The SMILES string of the molecule is Cc1cc(C)cc(N(C)C(=O)CC#N)c1. The Morgan fingerprint density at radius 3 is 2.33 bits per heavy atom. The van der Waals surface area contributed by atoms with Gasteiger partial charge in [-0.05, 0) is 37.1 Å². The van der Waals surface area contributed by atoms with Crippen LogP contribution in [0.4, 0.5) is 5.69 Å². The van der Waals surface area contributed by atoms with Gasteiger partial charge in [0.05, 0.1) is 6.07 Å². The molecule has 0 aromatic heterocycles. The first kappa shape index (κ1) is 11.3. The van der Waals surface area contributed by atoms with Crippen LogP contribution in [0, 0.1) is 25.2 Å². The smallest absolute Gasteiger partial charge is 0.240 e. The summed E-state index contributed by atoms with van der Waals surface area (Å²) in [4.78, 5) is 13.0. The molecule has 0 unspecified atom stereocenters. The minimum Gasteiger partial charge on any atom is -0.315 e. The number of rotatable bonds is 2. The molecule has 3 nitrogen and oxygen atoms in total. The van der Waals surface area contributed by atoms with E-state index in [-0.39, 0.29) is 12.3 Å². The Labute approximate surface area is 89.9 Å². The average molecular weight is 202 g/mol. The lowest BCUT2D eigenvalue weighted by Gasteiger charge is -2.17. The van der Waals surface area contributed by atoms with Crippen molar-refractivity contribution in [3.05, 3.63) is 29.3 Å². The van der Waals surface area contributed by atoms with Gasteiger partial charge in [0.15, 0.2) is 0 Å². The van der Waals surface area contributed by atoms with Crippen LogP contribution in [0.3, 0.4) is 0 Å². The molecule has 15 heavy (non-hydrogen) atoms. The molecule has 0 bridgehead atoms. The molecule has 3 heteroatoms. The quantitative estimate of drug-likeness (QED) is 0.737. The molecule has 78 valence electrons. The lowest BCUT2D eigenvalue weighted by molar-refractivity contribution is -0.117. The van der Waals surface area contributed by atoms with Gasteiger partial charge in [0.1, 0.15) is 6.42 Å². The molecule has 0 spiro atoms. The number of aryl methyl sites for hydroxylation is 2. The second kappa shape index (κ2) is 4.61. The Morgan fingerprint density at radius 2 is 1.87 bits per heavy atom. The van der Waals surface area contributed by atoms with E-state index in [2.05, 4.69) is 0 Å². The van der Waals surface area contributed by atoms with Crippen molar-refractivity contribution in [2.45, 2.75) is 20.3 Å². The molecule has 1 aromatic carbocycles. The topological polar surface area (TPSA) is 44.1 Å². The maximum Gasteiger partial charge on any atom is 0.240 e. The molecule has 0 aliphatic heterocycles. The van der Waals surface area contributed by atoms with E-state index >= 15 is 0 Å². The van der Waals surface area contributed by atoms with Crippen LogP contribution in [0.1, 0.15) is 17.5 Å². The molecule has 0 aliphatic rings. The molecule has 0 heterocycles. The Kier molecular flexibility index (Phi) is 3.46. The number of hydrogen-bond acceptors (Lipinski definition) is 2. The molecule has 0 saturated carbocycles. The van der Waals surface area contributed by atoms with E-state index in [0.717, 1.165) is 16.8 Å². The third kappa shape index (κ3) is 2.81. The fourth-order valence-electron chi connectivity index (χ4n) is 1.47. The van der Waals surface area contributed by atoms with Gasteiger partial charge in [0, 0.05) is 12.7 Å². The maximum absolute atomic E-state index is 11.5. The second-order valence-electron chi connectivity index (χ2n) is 3.63. The zero-order valence-electron chi connectivity index (χ0n) is 9.24. The minimum atomic E-state index is -0.178. The molecule has 0 aliphatic carbocycles. The second-order valence-corrected chi connectivity index (χ2v) is 3.63. The highest BCUT2D eigenvalue weighted by molar-refractivity contribution is 5.94. The number of nitrogens with zero attached hydrogens (tertiary/aromatic N) is 2. The fraction of sp³-hybridized carbons (Fsp3) is 0.333. The molecule has 0 atom stereocenters. The monoisotopic (exact) mass is 202 g/mol. The number of nitriles is 1. The van der Waals surface area contributed by atoms with Crippen LogP contribution in [0.15, 0.2) is 18.2 Å². The van der Waals surface area contributed by atoms with Crippen LogP contribution in [-0.4, -0.2) is 13.0 Å². The summed E-state index contributed by atoms with van der Waals surface area (Å²) in [6.07, 6.45) is -0.0799. The molecule has 0 N–H and O–H groups in total. The van der Waals surface area contributed by atoms with Crippen molar-refractivity contribution in [3.63, 3.8) is 0 Å².